The number of para-hydroxylation sites is 1. The fourth-order valence-corrected chi connectivity index (χ4v) is 4.31. The van der Waals surface area contributed by atoms with Crippen molar-refractivity contribution in [1.82, 2.24) is 4.31 Å². The highest BCUT2D eigenvalue weighted by Crippen LogP contribution is 2.32. The number of hydrogen-bond donors (Lipinski definition) is 0. The lowest BCUT2D eigenvalue weighted by atomic mass is 10.1. The smallest absolute Gasteiger partial charge is 0.243 e. The monoisotopic (exact) mass is 358 g/mol. The summed E-state index contributed by atoms with van der Waals surface area (Å²) in [6.45, 7) is 3.69. The van der Waals surface area contributed by atoms with E-state index in [2.05, 4.69) is 0 Å². The van der Waals surface area contributed by atoms with Gasteiger partial charge in [-0.05, 0) is 44.0 Å². The third-order valence-corrected chi connectivity index (χ3v) is 6.38. The van der Waals surface area contributed by atoms with Gasteiger partial charge in [0.15, 0.2) is 0 Å². The van der Waals surface area contributed by atoms with Crippen molar-refractivity contribution in [1.29, 1.82) is 0 Å². The number of benzene rings is 2. The molecule has 1 aliphatic rings. The van der Waals surface area contributed by atoms with Gasteiger partial charge in [-0.2, -0.15) is 4.31 Å². The molecule has 0 spiro atoms. The van der Waals surface area contributed by atoms with Crippen molar-refractivity contribution in [3.8, 4) is 0 Å². The number of sulfonamides is 1. The van der Waals surface area contributed by atoms with Crippen LogP contribution in [-0.2, 0) is 21.2 Å². The largest absolute Gasteiger partial charge is 0.308 e. The second-order valence-corrected chi connectivity index (χ2v) is 8.56. The Morgan fingerprint density at radius 1 is 1.16 bits per heavy atom. The molecule has 1 amide bonds. The molecule has 1 atom stereocenters. The molecular formula is C19H22N2O3S. The molecule has 1 heterocycles. The van der Waals surface area contributed by atoms with Gasteiger partial charge in [-0.15, -0.1) is 0 Å². The number of carbonyl (C=O) groups excluding carboxylic acids is 1. The van der Waals surface area contributed by atoms with Gasteiger partial charge in [-0.3, -0.25) is 4.79 Å². The van der Waals surface area contributed by atoms with Crippen LogP contribution in [-0.4, -0.2) is 38.3 Å². The highest BCUT2D eigenvalue weighted by atomic mass is 32.2. The van der Waals surface area contributed by atoms with E-state index in [9.17, 15) is 13.2 Å². The maximum absolute atomic E-state index is 12.8. The number of amides is 1. The average molecular weight is 358 g/mol. The Labute approximate surface area is 148 Å². The van der Waals surface area contributed by atoms with Crippen LogP contribution in [0.4, 0.5) is 5.69 Å². The first-order valence-electron chi connectivity index (χ1n) is 8.23. The Bertz CT molecular complexity index is 891. The Morgan fingerprint density at radius 3 is 2.48 bits per heavy atom. The van der Waals surface area contributed by atoms with Gasteiger partial charge in [-0.25, -0.2) is 8.42 Å². The Balaban J connectivity index is 1.80. The molecule has 2 aromatic carbocycles. The Morgan fingerprint density at radius 2 is 1.80 bits per heavy atom. The van der Waals surface area contributed by atoms with Gasteiger partial charge < -0.3 is 4.90 Å². The molecule has 1 aliphatic heterocycles. The van der Waals surface area contributed by atoms with E-state index >= 15 is 0 Å². The first-order valence-corrected chi connectivity index (χ1v) is 9.67. The lowest BCUT2D eigenvalue weighted by molar-refractivity contribution is -0.118. The minimum Gasteiger partial charge on any atom is -0.308 e. The topological polar surface area (TPSA) is 57.7 Å². The lowest BCUT2D eigenvalue weighted by Gasteiger charge is -2.25. The van der Waals surface area contributed by atoms with Gasteiger partial charge in [0.05, 0.1) is 11.4 Å². The molecule has 3 rings (SSSR count). The molecule has 0 N–H and O–H groups in total. The predicted molar refractivity (Wildman–Crippen MR) is 98.1 cm³/mol. The van der Waals surface area contributed by atoms with E-state index in [-0.39, 0.29) is 23.4 Å². The number of aryl methyl sites for hydroxylation is 1. The summed E-state index contributed by atoms with van der Waals surface area (Å²) in [6, 6.07) is 14.4. The fourth-order valence-electron chi connectivity index (χ4n) is 3.19. The fraction of sp³-hybridized carbons (Fsp3) is 0.316. The molecule has 6 heteroatoms. The highest BCUT2D eigenvalue weighted by molar-refractivity contribution is 7.89. The van der Waals surface area contributed by atoms with E-state index < -0.39 is 10.0 Å². The molecule has 132 valence electrons. The molecular weight excluding hydrogens is 336 g/mol. The normalized spacial score (nSPS) is 17.0. The standard InChI is InChI=1S/C19H22N2O3S/c1-14-8-10-17(11-9-14)25(23,24)20(3)13-19(22)21-15(2)12-16-6-4-5-7-18(16)21/h4-11,15H,12-13H2,1-3H3/t15-/m1/s1. The molecule has 0 saturated carbocycles. The minimum absolute atomic E-state index is 0.0281. The highest BCUT2D eigenvalue weighted by Gasteiger charge is 2.33. The lowest BCUT2D eigenvalue weighted by Crippen LogP contribution is -2.43. The number of likely N-dealkylation sites (N-methyl/N-ethyl adjacent to an activating group) is 1. The van der Waals surface area contributed by atoms with Crippen molar-refractivity contribution in [3.63, 3.8) is 0 Å². The SMILES string of the molecule is Cc1ccc(S(=O)(=O)N(C)CC(=O)N2c3ccccc3C[C@H]2C)cc1. The van der Waals surface area contributed by atoms with Crippen LogP contribution < -0.4 is 4.90 Å². The minimum atomic E-state index is -3.69. The summed E-state index contributed by atoms with van der Waals surface area (Å²) in [4.78, 5) is 14.7. The van der Waals surface area contributed by atoms with Crippen molar-refractivity contribution in [3.05, 3.63) is 59.7 Å². The molecule has 5 nitrogen and oxygen atoms in total. The Hall–Kier alpha value is -2.18. The summed E-state index contributed by atoms with van der Waals surface area (Å²) in [5.74, 6) is -0.212. The summed E-state index contributed by atoms with van der Waals surface area (Å²) in [6.07, 6.45) is 0.788. The second kappa shape index (κ2) is 6.61. The first kappa shape index (κ1) is 17.6. The van der Waals surface area contributed by atoms with Crippen LogP contribution in [0, 0.1) is 6.92 Å². The molecule has 0 saturated heterocycles. The molecule has 0 radical (unpaired) electrons. The van der Waals surface area contributed by atoms with E-state index in [1.807, 2.05) is 38.1 Å². The van der Waals surface area contributed by atoms with Crippen molar-refractivity contribution in [2.75, 3.05) is 18.5 Å². The quantitative estimate of drug-likeness (QED) is 0.844. The maximum Gasteiger partial charge on any atom is 0.243 e. The zero-order valence-electron chi connectivity index (χ0n) is 14.6. The van der Waals surface area contributed by atoms with E-state index in [0.717, 1.165) is 27.5 Å². The van der Waals surface area contributed by atoms with Crippen LogP contribution in [0.3, 0.4) is 0 Å². The number of fused-ring (bicyclic) bond motifs is 1. The van der Waals surface area contributed by atoms with E-state index in [1.54, 1.807) is 29.2 Å². The number of anilines is 1. The molecule has 0 aromatic heterocycles. The molecule has 0 bridgehead atoms. The summed E-state index contributed by atoms with van der Waals surface area (Å²) in [5.41, 5.74) is 2.98. The zero-order valence-corrected chi connectivity index (χ0v) is 15.5. The van der Waals surface area contributed by atoms with Crippen LogP contribution in [0.15, 0.2) is 53.4 Å². The number of hydrogen-bond acceptors (Lipinski definition) is 3. The Kier molecular flexibility index (Phi) is 4.67. The van der Waals surface area contributed by atoms with Gasteiger partial charge in [0.1, 0.15) is 0 Å². The zero-order chi connectivity index (χ0) is 18.2. The number of rotatable bonds is 4. The van der Waals surface area contributed by atoms with Crippen LogP contribution in [0.2, 0.25) is 0 Å². The average Bonchev–Trinajstić information content (AvgIpc) is 2.90. The summed E-state index contributed by atoms with van der Waals surface area (Å²) < 4.78 is 26.5. The van der Waals surface area contributed by atoms with Gasteiger partial charge in [0.25, 0.3) is 0 Å². The molecule has 0 aliphatic carbocycles. The van der Waals surface area contributed by atoms with E-state index in [0.29, 0.717) is 0 Å². The molecule has 25 heavy (non-hydrogen) atoms. The van der Waals surface area contributed by atoms with Gasteiger partial charge in [0.2, 0.25) is 15.9 Å². The third-order valence-electron chi connectivity index (χ3n) is 4.56. The van der Waals surface area contributed by atoms with Crippen LogP contribution in [0.5, 0.6) is 0 Å². The van der Waals surface area contributed by atoms with Gasteiger partial charge in [0, 0.05) is 18.8 Å². The maximum atomic E-state index is 12.8. The summed E-state index contributed by atoms with van der Waals surface area (Å²) in [7, 11) is -2.25. The van der Waals surface area contributed by atoms with Crippen molar-refractivity contribution < 1.29 is 13.2 Å². The van der Waals surface area contributed by atoms with Crippen LogP contribution >= 0.6 is 0 Å². The van der Waals surface area contributed by atoms with Crippen molar-refractivity contribution in [2.45, 2.75) is 31.2 Å². The summed E-state index contributed by atoms with van der Waals surface area (Å²) >= 11 is 0. The van der Waals surface area contributed by atoms with Crippen molar-refractivity contribution in [2.24, 2.45) is 0 Å². The number of carbonyl (C=O) groups is 1. The van der Waals surface area contributed by atoms with Gasteiger partial charge in [-0.1, -0.05) is 35.9 Å². The first-order chi connectivity index (χ1) is 11.8. The third kappa shape index (κ3) is 3.32. The van der Waals surface area contributed by atoms with Crippen LogP contribution in [0.1, 0.15) is 18.1 Å². The molecule has 2 aromatic rings. The second-order valence-electron chi connectivity index (χ2n) is 6.52. The number of nitrogens with zero attached hydrogens (tertiary/aromatic N) is 2. The van der Waals surface area contributed by atoms with Gasteiger partial charge >= 0.3 is 0 Å². The summed E-state index contributed by atoms with van der Waals surface area (Å²) in [5, 5.41) is 0. The van der Waals surface area contributed by atoms with Crippen LogP contribution in [0.25, 0.3) is 0 Å². The molecule has 0 unspecified atom stereocenters. The van der Waals surface area contributed by atoms with E-state index in [4.69, 9.17) is 0 Å². The molecule has 0 fully saturated rings. The van der Waals surface area contributed by atoms with Crippen molar-refractivity contribution >= 4 is 21.6 Å². The predicted octanol–water partition coefficient (Wildman–Crippen LogP) is 2.59. The van der Waals surface area contributed by atoms with E-state index in [1.165, 1.54) is 7.05 Å².